The Morgan fingerprint density at radius 2 is 1.83 bits per heavy atom. The Hall–Kier alpha value is -2.12. The molecule has 2 aromatic rings. The summed E-state index contributed by atoms with van der Waals surface area (Å²) in [5.41, 5.74) is 0.934. The smallest absolute Gasteiger partial charge is 0.224 e. The normalized spacial score (nSPS) is 19.2. The maximum Gasteiger partial charge on any atom is 0.224 e. The van der Waals surface area contributed by atoms with Gasteiger partial charge in [-0.1, -0.05) is 32.1 Å². The molecule has 1 aromatic heterocycles. The maximum absolute atomic E-state index is 6.07. The highest BCUT2D eigenvalue weighted by molar-refractivity contribution is 5.91. The van der Waals surface area contributed by atoms with Crippen LogP contribution in [0.3, 0.4) is 0 Å². The second-order valence-corrected chi connectivity index (χ2v) is 8.31. The largest absolute Gasteiger partial charge is 0.492 e. The third-order valence-corrected chi connectivity index (χ3v) is 6.12. The summed E-state index contributed by atoms with van der Waals surface area (Å²) >= 11 is 0. The van der Waals surface area contributed by atoms with Crippen molar-refractivity contribution in [2.24, 2.45) is 0 Å². The van der Waals surface area contributed by atoms with E-state index < -0.39 is 0 Å². The maximum atomic E-state index is 6.07. The average Bonchev–Trinajstić information content (AvgIpc) is 2.76. The zero-order valence-corrected chi connectivity index (χ0v) is 18.2. The van der Waals surface area contributed by atoms with E-state index in [-0.39, 0.29) is 0 Å². The van der Waals surface area contributed by atoms with Gasteiger partial charge >= 0.3 is 0 Å². The van der Waals surface area contributed by atoms with Crippen LogP contribution in [0.5, 0.6) is 5.75 Å². The number of hydrogen-bond donors (Lipinski definition) is 2. The highest BCUT2D eigenvalue weighted by Crippen LogP contribution is 2.29. The van der Waals surface area contributed by atoms with Gasteiger partial charge in [0.15, 0.2) is 0 Å². The first-order chi connectivity index (χ1) is 14.8. The third-order valence-electron chi connectivity index (χ3n) is 6.12. The molecule has 0 radical (unpaired) electrons. The fourth-order valence-electron chi connectivity index (χ4n) is 4.33. The first kappa shape index (κ1) is 21.1. The van der Waals surface area contributed by atoms with Crippen LogP contribution < -0.4 is 15.4 Å². The quantitative estimate of drug-likeness (QED) is 0.713. The predicted octanol–water partition coefficient (Wildman–Crippen LogP) is 3.91. The lowest BCUT2D eigenvalue weighted by Gasteiger charge is -2.26. The fraction of sp³-hybridized carbons (Fsp3) is 0.652. The van der Waals surface area contributed by atoms with Gasteiger partial charge in [0.05, 0.1) is 18.7 Å². The Labute approximate surface area is 179 Å². The topological polar surface area (TPSA) is 71.5 Å². The minimum atomic E-state index is 0.471. The van der Waals surface area contributed by atoms with Crippen LogP contribution >= 0.6 is 0 Å². The van der Waals surface area contributed by atoms with Crippen molar-refractivity contribution in [3.05, 3.63) is 18.2 Å². The van der Waals surface area contributed by atoms with E-state index in [1.807, 2.05) is 19.2 Å². The summed E-state index contributed by atoms with van der Waals surface area (Å²) in [6, 6.07) is 6.59. The number of aromatic nitrogens is 2. The summed E-state index contributed by atoms with van der Waals surface area (Å²) in [4.78, 5) is 11.8. The Balaban J connectivity index is 1.48. The highest BCUT2D eigenvalue weighted by Gasteiger charge is 2.16. The standard InChI is InChI=1S/C23H35N5O2/c1-24-23-26-21-10-9-19(30-16-13-28-11-14-29-15-12-28)17-20(21)22(27-23)25-18-7-5-3-2-4-6-8-18/h9-10,17-18H,2-8,11-16H2,1H3,(H2,24,25,26,27). The summed E-state index contributed by atoms with van der Waals surface area (Å²) in [6.07, 6.45) is 9.03. The molecule has 4 rings (SSSR count). The van der Waals surface area contributed by atoms with E-state index in [4.69, 9.17) is 14.5 Å². The molecule has 0 bridgehead atoms. The lowest BCUT2D eigenvalue weighted by atomic mass is 9.96. The Morgan fingerprint density at radius 1 is 1.07 bits per heavy atom. The summed E-state index contributed by atoms with van der Waals surface area (Å²) < 4.78 is 11.5. The SMILES string of the molecule is CNc1nc(NC2CCCCCCC2)c2cc(OCCN3CCOCC3)ccc2n1. The van der Waals surface area contributed by atoms with E-state index in [1.165, 1.54) is 44.9 Å². The highest BCUT2D eigenvalue weighted by atomic mass is 16.5. The van der Waals surface area contributed by atoms with Gasteiger partial charge in [-0.15, -0.1) is 0 Å². The lowest BCUT2D eigenvalue weighted by Crippen LogP contribution is -2.38. The molecule has 1 saturated heterocycles. The van der Waals surface area contributed by atoms with Crippen LogP contribution in [0.25, 0.3) is 10.9 Å². The number of benzene rings is 1. The van der Waals surface area contributed by atoms with Crippen LogP contribution in [0.4, 0.5) is 11.8 Å². The van der Waals surface area contributed by atoms with Crippen LogP contribution in [0, 0.1) is 0 Å². The molecule has 2 fully saturated rings. The zero-order chi connectivity index (χ0) is 20.6. The van der Waals surface area contributed by atoms with Gasteiger partial charge in [-0.3, -0.25) is 4.90 Å². The molecule has 0 spiro atoms. The van der Waals surface area contributed by atoms with Gasteiger partial charge in [0, 0.05) is 38.1 Å². The second kappa shape index (κ2) is 10.8. The van der Waals surface area contributed by atoms with Gasteiger partial charge in [0.2, 0.25) is 5.95 Å². The monoisotopic (exact) mass is 413 g/mol. The number of rotatable bonds is 7. The van der Waals surface area contributed by atoms with Crippen molar-refractivity contribution in [2.45, 2.75) is 51.0 Å². The van der Waals surface area contributed by atoms with Crippen molar-refractivity contribution in [3.63, 3.8) is 0 Å². The molecule has 1 saturated carbocycles. The number of anilines is 2. The van der Waals surface area contributed by atoms with Crippen LogP contribution in [0.1, 0.15) is 44.9 Å². The summed E-state index contributed by atoms with van der Waals surface area (Å²) in [5, 5.41) is 7.86. The Morgan fingerprint density at radius 3 is 2.60 bits per heavy atom. The molecule has 7 nitrogen and oxygen atoms in total. The molecular formula is C23H35N5O2. The van der Waals surface area contributed by atoms with Gasteiger partial charge in [0.1, 0.15) is 18.2 Å². The molecule has 2 heterocycles. The Bertz CT molecular complexity index is 802. The van der Waals surface area contributed by atoms with E-state index in [2.05, 4.69) is 26.6 Å². The summed E-state index contributed by atoms with van der Waals surface area (Å²) in [5.74, 6) is 2.43. The number of hydrogen-bond acceptors (Lipinski definition) is 7. The van der Waals surface area contributed by atoms with E-state index in [9.17, 15) is 0 Å². The molecule has 2 aliphatic rings. The summed E-state index contributed by atoms with van der Waals surface area (Å²) in [7, 11) is 1.86. The molecule has 0 atom stereocenters. The molecule has 0 unspecified atom stereocenters. The molecule has 0 amide bonds. The van der Waals surface area contributed by atoms with Crippen molar-refractivity contribution in [1.29, 1.82) is 0 Å². The fourth-order valence-corrected chi connectivity index (χ4v) is 4.33. The molecule has 30 heavy (non-hydrogen) atoms. The van der Waals surface area contributed by atoms with Crippen LogP contribution in [0.15, 0.2) is 18.2 Å². The molecule has 2 N–H and O–H groups in total. The van der Waals surface area contributed by atoms with Crippen molar-refractivity contribution in [1.82, 2.24) is 14.9 Å². The van der Waals surface area contributed by atoms with Crippen LogP contribution in [-0.2, 0) is 4.74 Å². The zero-order valence-electron chi connectivity index (χ0n) is 18.2. The number of ether oxygens (including phenoxy) is 2. The van der Waals surface area contributed by atoms with E-state index in [1.54, 1.807) is 0 Å². The van der Waals surface area contributed by atoms with Crippen molar-refractivity contribution >= 4 is 22.7 Å². The number of nitrogens with zero attached hydrogens (tertiary/aromatic N) is 3. The summed E-state index contributed by atoms with van der Waals surface area (Å²) in [6.45, 7) is 5.19. The Kier molecular flexibility index (Phi) is 7.59. The molecule has 1 aromatic carbocycles. The van der Waals surface area contributed by atoms with Gasteiger partial charge < -0.3 is 20.1 Å². The number of fused-ring (bicyclic) bond motifs is 1. The van der Waals surface area contributed by atoms with Gasteiger partial charge in [-0.25, -0.2) is 4.98 Å². The second-order valence-electron chi connectivity index (χ2n) is 8.31. The van der Waals surface area contributed by atoms with Gasteiger partial charge in [-0.05, 0) is 31.0 Å². The first-order valence-corrected chi connectivity index (χ1v) is 11.5. The molecule has 1 aliphatic carbocycles. The lowest BCUT2D eigenvalue weighted by molar-refractivity contribution is 0.0322. The van der Waals surface area contributed by atoms with E-state index in [0.717, 1.165) is 55.3 Å². The average molecular weight is 414 g/mol. The van der Waals surface area contributed by atoms with E-state index >= 15 is 0 Å². The minimum absolute atomic E-state index is 0.471. The minimum Gasteiger partial charge on any atom is -0.492 e. The third kappa shape index (κ3) is 5.73. The number of nitrogens with one attached hydrogen (secondary N) is 2. The van der Waals surface area contributed by atoms with Gasteiger partial charge in [-0.2, -0.15) is 4.98 Å². The molecule has 1 aliphatic heterocycles. The van der Waals surface area contributed by atoms with Crippen molar-refractivity contribution in [2.75, 3.05) is 57.1 Å². The molecule has 7 heteroatoms. The first-order valence-electron chi connectivity index (χ1n) is 11.5. The van der Waals surface area contributed by atoms with Crippen molar-refractivity contribution in [3.8, 4) is 5.75 Å². The number of morpholine rings is 1. The van der Waals surface area contributed by atoms with Crippen LogP contribution in [-0.4, -0.2) is 67.4 Å². The van der Waals surface area contributed by atoms with Crippen LogP contribution in [0.2, 0.25) is 0 Å². The predicted molar refractivity (Wildman–Crippen MR) is 122 cm³/mol. The molecular weight excluding hydrogens is 378 g/mol. The van der Waals surface area contributed by atoms with E-state index in [0.29, 0.717) is 18.6 Å². The molecule has 164 valence electrons. The van der Waals surface area contributed by atoms with Crippen molar-refractivity contribution < 1.29 is 9.47 Å². The van der Waals surface area contributed by atoms with Gasteiger partial charge in [0.25, 0.3) is 0 Å².